The molecule has 2 aromatic rings. The number of morpholine rings is 1. The van der Waals surface area contributed by atoms with Crippen LogP contribution in [-0.2, 0) is 9.53 Å². The van der Waals surface area contributed by atoms with Gasteiger partial charge in [-0.2, -0.15) is 0 Å². The number of thiocarbonyl (C=S) groups is 1. The first kappa shape index (κ1) is 26.2. The second kappa shape index (κ2) is 13.4. The number of carbonyl (C=O) groups is 2. The average Bonchev–Trinajstić information content (AvgIpc) is 3.36. The van der Waals surface area contributed by atoms with Crippen molar-refractivity contribution in [2.45, 2.75) is 37.2 Å². The zero-order chi connectivity index (χ0) is 25.2. The minimum absolute atomic E-state index is 0.128. The largest absolute Gasteiger partial charge is 0.450 e. The first-order chi connectivity index (χ1) is 17.6. The van der Waals surface area contributed by atoms with Crippen LogP contribution in [0, 0.1) is 0 Å². The van der Waals surface area contributed by atoms with E-state index in [9.17, 15) is 9.59 Å². The van der Waals surface area contributed by atoms with Gasteiger partial charge in [0.25, 0.3) is 11.8 Å². The van der Waals surface area contributed by atoms with E-state index in [-0.39, 0.29) is 17.5 Å². The summed E-state index contributed by atoms with van der Waals surface area (Å²) in [6, 6.07) is 12.4. The maximum Gasteiger partial charge on any atom is 0.267 e. The van der Waals surface area contributed by atoms with E-state index >= 15 is 0 Å². The summed E-state index contributed by atoms with van der Waals surface area (Å²) in [4.78, 5) is 27.9. The SMILES string of the molecule is O=C(NCCC1=CCCCC1)C(=Cc1ccc(SC(=S)N2CCOCC2)o1)NC(=O)c1ccccc1. The smallest absolute Gasteiger partial charge is 0.267 e. The number of hydrogen-bond acceptors (Lipinski definition) is 6. The molecule has 1 aromatic heterocycles. The van der Waals surface area contributed by atoms with Gasteiger partial charge in [-0.1, -0.05) is 42.1 Å². The minimum Gasteiger partial charge on any atom is -0.450 e. The van der Waals surface area contributed by atoms with E-state index in [1.807, 2.05) is 12.1 Å². The number of hydrogen-bond donors (Lipinski definition) is 2. The van der Waals surface area contributed by atoms with E-state index in [0.717, 1.165) is 36.7 Å². The van der Waals surface area contributed by atoms with Crippen LogP contribution >= 0.6 is 24.0 Å². The molecule has 190 valence electrons. The second-order valence-corrected chi connectivity index (χ2v) is 10.3. The fourth-order valence-electron chi connectivity index (χ4n) is 4.01. The van der Waals surface area contributed by atoms with Crippen molar-refractivity contribution in [3.63, 3.8) is 0 Å². The van der Waals surface area contributed by atoms with Crippen molar-refractivity contribution in [3.05, 3.63) is 71.1 Å². The van der Waals surface area contributed by atoms with Crippen molar-refractivity contribution < 1.29 is 18.7 Å². The van der Waals surface area contributed by atoms with Crippen molar-refractivity contribution in [2.24, 2.45) is 0 Å². The van der Waals surface area contributed by atoms with Crippen LogP contribution in [-0.4, -0.2) is 53.9 Å². The van der Waals surface area contributed by atoms with E-state index in [2.05, 4.69) is 21.6 Å². The molecule has 1 aliphatic heterocycles. The Bertz CT molecular complexity index is 1120. The van der Waals surface area contributed by atoms with Crippen LogP contribution in [0.5, 0.6) is 0 Å². The first-order valence-electron chi connectivity index (χ1n) is 12.3. The first-order valence-corrected chi connectivity index (χ1v) is 13.5. The van der Waals surface area contributed by atoms with Crippen LogP contribution in [0.2, 0.25) is 0 Å². The number of nitrogens with zero attached hydrogens (tertiary/aromatic N) is 1. The third-order valence-electron chi connectivity index (χ3n) is 5.99. The van der Waals surface area contributed by atoms with Crippen molar-refractivity contribution >= 4 is 46.2 Å². The Hall–Kier alpha value is -2.88. The quantitative estimate of drug-likeness (QED) is 0.222. The van der Waals surface area contributed by atoms with Gasteiger partial charge in [0.15, 0.2) is 5.09 Å². The third kappa shape index (κ3) is 7.81. The molecule has 7 nitrogen and oxygen atoms in total. The highest BCUT2D eigenvalue weighted by Crippen LogP contribution is 2.26. The van der Waals surface area contributed by atoms with Crippen LogP contribution < -0.4 is 10.6 Å². The van der Waals surface area contributed by atoms with Gasteiger partial charge in [-0.15, -0.1) is 0 Å². The highest BCUT2D eigenvalue weighted by molar-refractivity contribution is 8.22. The van der Waals surface area contributed by atoms with Gasteiger partial charge in [0.1, 0.15) is 15.8 Å². The van der Waals surface area contributed by atoms with Crippen molar-refractivity contribution in [1.29, 1.82) is 0 Å². The number of allylic oxidation sites excluding steroid dienone is 1. The summed E-state index contributed by atoms with van der Waals surface area (Å²) < 4.78 is 12.0. The molecule has 0 bridgehead atoms. The van der Waals surface area contributed by atoms with E-state index in [1.165, 1.54) is 30.2 Å². The van der Waals surface area contributed by atoms with E-state index in [4.69, 9.17) is 21.4 Å². The Balaban J connectivity index is 1.43. The van der Waals surface area contributed by atoms with E-state index in [0.29, 0.717) is 36.2 Å². The Labute approximate surface area is 221 Å². The van der Waals surface area contributed by atoms with Gasteiger partial charge in [-0.25, -0.2) is 0 Å². The van der Waals surface area contributed by atoms with Crippen LogP contribution in [0.1, 0.15) is 48.2 Å². The lowest BCUT2D eigenvalue weighted by molar-refractivity contribution is -0.117. The Morgan fingerprint density at radius 2 is 1.89 bits per heavy atom. The van der Waals surface area contributed by atoms with E-state index in [1.54, 1.807) is 36.4 Å². The summed E-state index contributed by atoms with van der Waals surface area (Å²) in [6.07, 6.45) is 9.26. The molecule has 2 aliphatic rings. The summed E-state index contributed by atoms with van der Waals surface area (Å²) >= 11 is 6.90. The molecular weight excluding hydrogens is 494 g/mol. The minimum atomic E-state index is -0.360. The molecule has 2 N–H and O–H groups in total. The molecule has 2 heterocycles. The predicted octanol–water partition coefficient (Wildman–Crippen LogP) is 4.77. The molecule has 2 amide bonds. The monoisotopic (exact) mass is 525 g/mol. The standard InChI is InChI=1S/C27H31N3O4S2/c31-25(21-9-5-2-6-10-21)29-23(26(32)28-14-13-20-7-3-1-4-8-20)19-22-11-12-24(34-22)36-27(35)30-15-17-33-18-16-30/h2,5-7,9-12,19H,1,3-4,8,13-18H2,(H,28,32)(H,29,31). The molecule has 0 spiro atoms. The third-order valence-corrected chi connectivity index (χ3v) is 7.35. The van der Waals surface area contributed by atoms with Crippen LogP contribution in [0.4, 0.5) is 0 Å². The molecule has 0 atom stereocenters. The van der Waals surface area contributed by atoms with Gasteiger partial charge in [0, 0.05) is 31.3 Å². The predicted molar refractivity (Wildman–Crippen MR) is 146 cm³/mol. The maximum atomic E-state index is 13.0. The molecule has 1 saturated heterocycles. The van der Waals surface area contributed by atoms with Gasteiger partial charge in [0.2, 0.25) is 0 Å². The highest BCUT2D eigenvalue weighted by atomic mass is 32.2. The molecule has 9 heteroatoms. The number of nitrogens with one attached hydrogen (secondary N) is 2. The molecule has 1 aliphatic carbocycles. The molecule has 4 rings (SSSR count). The van der Waals surface area contributed by atoms with Crippen LogP contribution in [0.15, 0.2) is 69.3 Å². The maximum absolute atomic E-state index is 13.0. The fraction of sp³-hybridized carbons (Fsp3) is 0.370. The molecule has 0 saturated carbocycles. The van der Waals surface area contributed by atoms with Crippen LogP contribution in [0.25, 0.3) is 6.08 Å². The zero-order valence-corrected chi connectivity index (χ0v) is 21.8. The Kier molecular flexibility index (Phi) is 9.77. The number of carbonyl (C=O) groups excluding carboxylic acids is 2. The number of ether oxygens (including phenoxy) is 1. The highest BCUT2D eigenvalue weighted by Gasteiger charge is 2.18. The van der Waals surface area contributed by atoms with Crippen molar-refractivity contribution in [1.82, 2.24) is 15.5 Å². The van der Waals surface area contributed by atoms with Gasteiger partial charge in [-0.05, 0) is 68.1 Å². The average molecular weight is 526 g/mol. The van der Waals surface area contributed by atoms with Gasteiger partial charge in [0.05, 0.1) is 13.2 Å². The molecule has 36 heavy (non-hydrogen) atoms. The molecule has 0 unspecified atom stereocenters. The second-order valence-electron chi connectivity index (χ2n) is 8.62. The van der Waals surface area contributed by atoms with E-state index < -0.39 is 0 Å². The number of amides is 2. The summed E-state index contributed by atoms with van der Waals surface area (Å²) in [6.45, 7) is 3.34. The summed E-state index contributed by atoms with van der Waals surface area (Å²) in [5, 5.41) is 6.31. The number of benzene rings is 1. The summed E-state index contributed by atoms with van der Waals surface area (Å²) in [7, 11) is 0. The molecular formula is C27H31N3O4S2. The topological polar surface area (TPSA) is 83.8 Å². The van der Waals surface area contributed by atoms with Gasteiger partial charge in [-0.3, -0.25) is 9.59 Å². The van der Waals surface area contributed by atoms with Crippen molar-refractivity contribution in [3.8, 4) is 0 Å². The number of furan rings is 1. The lowest BCUT2D eigenvalue weighted by Crippen LogP contribution is -2.38. The normalized spacial score (nSPS) is 16.3. The van der Waals surface area contributed by atoms with Gasteiger partial charge < -0.3 is 24.7 Å². The lowest BCUT2D eigenvalue weighted by atomic mass is 9.97. The molecule has 0 radical (unpaired) electrons. The number of rotatable bonds is 8. The number of thioether (sulfide) groups is 1. The fourth-order valence-corrected chi connectivity index (χ4v) is 5.20. The van der Waals surface area contributed by atoms with Crippen LogP contribution in [0.3, 0.4) is 0 Å². The molecule has 1 aromatic carbocycles. The van der Waals surface area contributed by atoms with Gasteiger partial charge >= 0.3 is 0 Å². The summed E-state index contributed by atoms with van der Waals surface area (Å²) in [5.41, 5.74) is 1.97. The zero-order valence-electron chi connectivity index (χ0n) is 20.2. The Morgan fingerprint density at radius 3 is 2.64 bits per heavy atom. The Morgan fingerprint density at radius 1 is 1.08 bits per heavy atom. The lowest BCUT2D eigenvalue weighted by Gasteiger charge is -2.28. The van der Waals surface area contributed by atoms with Crippen molar-refractivity contribution in [2.75, 3.05) is 32.8 Å². The molecule has 1 fully saturated rings. The summed E-state index contributed by atoms with van der Waals surface area (Å²) in [5.74, 6) is -0.262.